The highest BCUT2D eigenvalue weighted by Gasteiger charge is 2.43. The minimum absolute atomic E-state index is 0.0150. The Bertz CT molecular complexity index is 979. The van der Waals surface area contributed by atoms with Gasteiger partial charge in [-0.2, -0.15) is 0 Å². The Labute approximate surface area is 171 Å². The van der Waals surface area contributed by atoms with Crippen molar-refractivity contribution < 1.29 is 33.9 Å². The summed E-state index contributed by atoms with van der Waals surface area (Å²) in [4.78, 5) is 49.3. The van der Waals surface area contributed by atoms with E-state index in [4.69, 9.17) is 14.7 Å². The first-order valence-corrected chi connectivity index (χ1v) is 8.97. The van der Waals surface area contributed by atoms with E-state index in [1.807, 2.05) is 0 Å². The summed E-state index contributed by atoms with van der Waals surface area (Å²) in [5, 5.41) is 11.6. The quantitative estimate of drug-likeness (QED) is 0.175. The molecule has 9 nitrogen and oxygen atoms in total. The standard InChI is InChI=1S/C21H18N2O7/c1-29-21(27)18(23-19(25)15-4-2-3-5-16(15)20(23)26)10-11-30-14-8-6-13(7-9-14)17(12-24)22-28/h2-9,12,18,28H,10-11H2,1H3. The average molecular weight is 410 g/mol. The Kier molecular flexibility index (Phi) is 6.21. The molecule has 1 unspecified atom stereocenters. The van der Waals surface area contributed by atoms with Gasteiger partial charge in [0.05, 0.1) is 24.8 Å². The van der Waals surface area contributed by atoms with Crippen LogP contribution in [-0.4, -0.2) is 59.6 Å². The van der Waals surface area contributed by atoms with Gasteiger partial charge in [0.25, 0.3) is 11.8 Å². The first-order chi connectivity index (χ1) is 14.5. The topological polar surface area (TPSA) is 123 Å². The van der Waals surface area contributed by atoms with Crippen LogP contribution in [-0.2, 0) is 14.3 Å². The summed E-state index contributed by atoms with van der Waals surface area (Å²) in [6.07, 6.45) is 0.441. The fraction of sp³-hybridized carbons (Fsp3) is 0.190. The molecule has 0 aromatic heterocycles. The van der Waals surface area contributed by atoms with Gasteiger partial charge in [-0.05, 0) is 36.4 Å². The van der Waals surface area contributed by atoms with E-state index in [2.05, 4.69) is 5.16 Å². The third kappa shape index (κ3) is 3.90. The molecule has 0 saturated heterocycles. The van der Waals surface area contributed by atoms with Gasteiger partial charge in [-0.1, -0.05) is 17.3 Å². The van der Waals surface area contributed by atoms with E-state index in [1.54, 1.807) is 24.3 Å². The van der Waals surface area contributed by atoms with Crippen molar-refractivity contribution in [3.63, 3.8) is 0 Å². The van der Waals surface area contributed by atoms with Crippen molar-refractivity contribution in [3.05, 3.63) is 65.2 Å². The van der Waals surface area contributed by atoms with Gasteiger partial charge in [-0.25, -0.2) is 4.79 Å². The number of ether oxygens (including phenoxy) is 2. The summed E-state index contributed by atoms with van der Waals surface area (Å²) in [7, 11) is 1.18. The summed E-state index contributed by atoms with van der Waals surface area (Å²) in [6.45, 7) is 0.0150. The van der Waals surface area contributed by atoms with E-state index < -0.39 is 23.8 Å². The zero-order valence-corrected chi connectivity index (χ0v) is 16.0. The number of carbonyl (C=O) groups excluding carboxylic acids is 4. The predicted molar refractivity (Wildman–Crippen MR) is 104 cm³/mol. The number of esters is 1. The van der Waals surface area contributed by atoms with Crippen molar-refractivity contribution in [2.24, 2.45) is 5.16 Å². The summed E-state index contributed by atoms with van der Waals surface area (Å²) in [5.41, 5.74) is 0.755. The summed E-state index contributed by atoms with van der Waals surface area (Å²) in [5.74, 6) is -1.41. The predicted octanol–water partition coefficient (Wildman–Crippen LogP) is 1.67. The lowest BCUT2D eigenvalue weighted by Gasteiger charge is -2.24. The van der Waals surface area contributed by atoms with Crippen molar-refractivity contribution in [3.8, 4) is 5.75 Å². The van der Waals surface area contributed by atoms with E-state index in [0.29, 0.717) is 17.6 Å². The molecule has 0 fully saturated rings. The lowest BCUT2D eigenvalue weighted by Crippen LogP contribution is -2.46. The fourth-order valence-electron chi connectivity index (χ4n) is 3.14. The molecule has 0 spiro atoms. The third-order valence-corrected chi connectivity index (χ3v) is 4.64. The molecule has 9 heteroatoms. The Morgan fingerprint density at radius 1 is 1.10 bits per heavy atom. The third-order valence-electron chi connectivity index (χ3n) is 4.64. The van der Waals surface area contributed by atoms with Gasteiger partial charge < -0.3 is 14.7 Å². The maximum atomic E-state index is 12.7. The number of amides is 2. The number of hydrogen-bond acceptors (Lipinski definition) is 8. The Morgan fingerprint density at radius 3 is 2.20 bits per heavy atom. The molecule has 1 N–H and O–H groups in total. The number of carbonyl (C=O) groups is 4. The Balaban J connectivity index is 1.70. The molecular weight excluding hydrogens is 392 g/mol. The summed E-state index contributed by atoms with van der Waals surface area (Å²) in [6, 6.07) is 11.4. The van der Waals surface area contributed by atoms with E-state index >= 15 is 0 Å². The highest BCUT2D eigenvalue weighted by atomic mass is 16.5. The summed E-state index contributed by atoms with van der Waals surface area (Å²) >= 11 is 0. The monoisotopic (exact) mass is 410 g/mol. The van der Waals surface area contributed by atoms with Gasteiger partial charge in [0.2, 0.25) is 0 Å². The zero-order valence-electron chi connectivity index (χ0n) is 16.0. The largest absolute Gasteiger partial charge is 0.494 e. The maximum Gasteiger partial charge on any atom is 0.329 e. The smallest absolute Gasteiger partial charge is 0.329 e. The molecule has 0 bridgehead atoms. The highest BCUT2D eigenvalue weighted by molar-refractivity contribution is 6.36. The number of benzene rings is 2. The second-order valence-electron chi connectivity index (χ2n) is 6.33. The van der Waals surface area contributed by atoms with Crippen LogP contribution in [0.4, 0.5) is 0 Å². The molecule has 2 amide bonds. The number of rotatable bonds is 8. The van der Waals surface area contributed by atoms with Crippen LogP contribution in [0.5, 0.6) is 5.75 Å². The molecule has 3 rings (SSSR count). The van der Waals surface area contributed by atoms with Crippen molar-refractivity contribution in [2.45, 2.75) is 12.5 Å². The molecule has 1 aliphatic rings. The molecule has 154 valence electrons. The van der Waals surface area contributed by atoms with Crippen molar-refractivity contribution in [1.82, 2.24) is 4.90 Å². The van der Waals surface area contributed by atoms with Crippen LogP contribution in [0.15, 0.2) is 53.7 Å². The van der Waals surface area contributed by atoms with Crippen LogP contribution in [0.1, 0.15) is 32.7 Å². The molecule has 2 aromatic carbocycles. The molecule has 1 atom stereocenters. The van der Waals surface area contributed by atoms with Crippen LogP contribution in [0.25, 0.3) is 0 Å². The van der Waals surface area contributed by atoms with Gasteiger partial charge in [0, 0.05) is 12.0 Å². The van der Waals surface area contributed by atoms with E-state index in [9.17, 15) is 19.2 Å². The molecule has 0 radical (unpaired) electrons. The van der Waals surface area contributed by atoms with E-state index in [1.165, 1.54) is 31.4 Å². The highest BCUT2D eigenvalue weighted by Crippen LogP contribution is 2.26. The minimum atomic E-state index is -1.13. The fourth-order valence-corrected chi connectivity index (χ4v) is 3.14. The number of methoxy groups -OCH3 is 1. The van der Waals surface area contributed by atoms with Crippen molar-refractivity contribution >= 4 is 29.8 Å². The normalized spacial score (nSPS) is 14.3. The second kappa shape index (κ2) is 8.99. The van der Waals surface area contributed by atoms with Gasteiger partial charge >= 0.3 is 5.97 Å². The van der Waals surface area contributed by atoms with Gasteiger partial charge in [0.1, 0.15) is 17.5 Å². The molecule has 0 aliphatic carbocycles. The number of aldehydes is 1. The number of nitrogens with zero attached hydrogens (tertiary/aromatic N) is 2. The first kappa shape index (κ1) is 20.7. The molecule has 2 aromatic rings. The Hall–Kier alpha value is -4.01. The maximum absolute atomic E-state index is 12.7. The van der Waals surface area contributed by atoms with Gasteiger partial charge in [-0.15, -0.1) is 0 Å². The van der Waals surface area contributed by atoms with Crippen molar-refractivity contribution in [2.75, 3.05) is 13.7 Å². The van der Waals surface area contributed by atoms with Crippen molar-refractivity contribution in [1.29, 1.82) is 0 Å². The molecular formula is C21H18N2O7. The Morgan fingerprint density at radius 2 is 1.70 bits per heavy atom. The van der Waals surface area contributed by atoms with E-state index in [-0.39, 0.29) is 29.9 Å². The van der Waals surface area contributed by atoms with Crippen LogP contribution >= 0.6 is 0 Å². The van der Waals surface area contributed by atoms with E-state index in [0.717, 1.165) is 4.90 Å². The molecule has 0 saturated carbocycles. The lowest BCUT2D eigenvalue weighted by molar-refractivity contribution is -0.145. The van der Waals surface area contributed by atoms with Crippen LogP contribution in [0.2, 0.25) is 0 Å². The SMILES string of the molecule is COC(=O)C(CCOc1ccc(C(C=O)=NO)cc1)N1C(=O)c2ccccc2C1=O. The first-order valence-electron chi connectivity index (χ1n) is 8.97. The van der Waals surface area contributed by atoms with Crippen LogP contribution < -0.4 is 4.74 Å². The second-order valence-corrected chi connectivity index (χ2v) is 6.33. The van der Waals surface area contributed by atoms with Gasteiger partial charge in [0.15, 0.2) is 6.29 Å². The van der Waals surface area contributed by atoms with Gasteiger partial charge in [-0.3, -0.25) is 19.3 Å². The average Bonchev–Trinajstić information content (AvgIpc) is 3.03. The summed E-state index contributed by atoms with van der Waals surface area (Å²) < 4.78 is 10.4. The number of fused-ring (bicyclic) bond motifs is 1. The zero-order chi connectivity index (χ0) is 21.7. The number of hydrogen-bond donors (Lipinski definition) is 1. The molecule has 30 heavy (non-hydrogen) atoms. The number of oxime groups is 1. The molecule has 1 heterocycles. The van der Waals surface area contributed by atoms with Crippen LogP contribution in [0.3, 0.4) is 0 Å². The number of imide groups is 1. The molecule has 1 aliphatic heterocycles. The van der Waals surface area contributed by atoms with Crippen LogP contribution in [0, 0.1) is 0 Å². The minimum Gasteiger partial charge on any atom is -0.494 e. The lowest BCUT2D eigenvalue weighted by atomic mass is 10.1.